The second kappa shape index (κ2) is 5.77. The van der Waals surface area contributed by atoms with E-state index >= 15 is 0 Å². The van der Waals surface area contributed by atoms with E-state index in [9.17, 15) is 4.79 Å². The lowest BCUT2D eigenvalue weighted by molar-refractivity contribution is -0.125. The van der Waals surface area contributed by atoms with Crippen LogP contribution in [0.4, 0.5) is 0 Å². The Balaban J connectivity index is 1.73. The third kappa shape index (κ3) is 3.03. The molecule has 0 aliphatic heterocycles. The van der Waals surface area contributed by atoms with Gasteiger partial charge in [0, 0.05) is 12.5 Å². The fraction of sp³-hybridized carbons (Fsp3) is 0.727. The smallest absolute Gasteiger partial charge is 0.223 e. The molecule has 2 atom stereocenters. The van der Waals surface area contributed by atoms with E-state index in [1.54, 1.807) is 11.0 Å². The van der Waals surface area contributed by atoms with Crippen molar-refractivity contribution in [1.82, 2.24) is 20.1 Å². The van der Waals surface area contributed by atoms with Gasteiger partial charge >= 0.3 is 0 Å². The van der Waals surface area contributed by atoms with Crippen molar-refractivity contribution in [2.24, 2.45) is 17.6 Å². The van der Waals surface area contributed by atoms with Crippen LogP contribution in [-0.4, -0.2) is 33.8 Å². The van der Waals surface area contributed by atoms with E-state index < -0.39 is 0 Å². The summed E-state index contributed by atoms with van der Waals surface area (Å²) in [6.45, 7) is 1.86. The Kier molecular flexibility index (Phi) is 4.08. The summed E-state index contributed by atoms with van der Waals surface area (Å²) in [5.74, 6) is 0.607. The molecule has 0 radical (unpaired) electrons. The van der Waals surface area contributed by atoms with Gasteiger partial charge in [0.15, 0.2) is 0 Å². The van der Waals surface area contributed by atoms with Crippen LogP contribution in [0.3, 0.4) is 0 Å². The quantitative estimate of drug-likeness (QED) is 0.740. The lowest BCUT2D eigenvalue weighted by atomic mass is 9.95. The number of hydrogen-bond acceptors (Lipinski definition) is 4. The van der Waals surface area contributed by atoms with Crippen molar-refractivity contribution < 1.29 is 4.79 Å². The Morgan fingerprint density at radius 2 is 2.41 bits per heavy atom. The van der Waals surface area contributed by atoms with E-state index in [4.69, 9.17) is 5.73 Å². The molecule has 1 saturated carbocycles. The van der Waals surface area contributed by atoms with Crippen molar-refractivity contribution in [1.29, 1.82) is 0 Å². The minimum absolute atomic E-state index is 0.107. The predicted octanol–water partition coefficient (Wildman–Crippen LogP) is -0.231. The van der Waals surface area contributed by atoms with E-state index in [1.165, 1.54) is 6.33 Å². The van der Waals surface area contributed by atoms with Crippen LogP contribution in [0.5, 0.6) is 0 Å². The fourth-order valence-electron chi connectivity index (χ4n) is 2.44. The zero-order chi connectivity index (χ0) is 12.1. The third-order valence-corrected chi connectivity index (χ3v) is 3.41. The maximum atomic E-state index is 11.9. The van der Waals surface area contributed by atoms with Gasteiger partial charge < -0.3 is 11.1 Å². The van der Waals surface area contributed by atoms with Crippen molar-refractivity contribution in [3.63, 3.8) is 0 Å². The van der Waals surface area contributed by atoms with E-state index in [0.29, 0.717) is 25.6 Å². The van der Waals surface area contributed by atoms with Gasteiger partial charge in [-0.15, -0.1) is 0 Å². The summed E-state index contributed by atoms with van der Waals surface area (Å²) in [6.07, 6.45) is 6.30. The van der Waals surface area contributed by atoms with Crippen molar-refractivity contribution in [2.75, 3.05) is 13.1 Å². The molecule has 0 bridgehead atoms. The lowest BCUT2D eigenvalue weighted by Crippen LogP contribution is -2.36. The number of hydrogen-bond donors (Lipinski definition) is 2. The highest BCUT2D eigenvalue weighted by Gasteiger charge is 2.31. The number of nitrogens with one attached hydrogen (secondary N) is 1. The summed E-state index contributed by atoms with van der Waals surface area (Å²) >= 11 is 0. The zero-order valence-corrected chi connectivity index (χ0v) is 9.88. The van der Waals surface area contributed by atoms with E-state index in [2.05, 4.69) is 15.4 Å². The summed E-state index contributed by atoms with van der Waals surface area (Å²) in [6, 6.07) is 0. The number of amides is 1. The zero-order valence-electron chi connectivity index (χ0n) is 9.88. The van der Waals surface area contributed by atoms with E-state index in [1.807, 2.05) is 0 Å². The average molecular weight is 237 g/mol. The molecule has 0 spiro atoms. The Morgan fingerprint density at radius 3 is 3.12 bits per heavy atom. The summed E-state index contributed by atoms with van der Waals surface area (Å²) in [5, 5.41) is 6.92. The number of nitrogens with two attached hydrogens (primary N) is 1. The van der Waals surface area contributed by atoms with Gasteiger partial charge in [-0.25, -0.2) is 4.98 Å². The standard InChI is InChI=1S/C11H19N5O/c12-6-9-2-1-3-10(9)11(17)14-4-5-16-8-13-7-15-16/h7-10H,1-6,12H2,(H,14,17)/t9-,10-/m1/s1. The fourth-order valence-corrected chi connectivity index (χ4v) is 2.44. The van der Waals surface area contributed by atoms with Crippen molar-refractivity contribution in [2.45, 2.75) is 25.8 Å². The summed E-state index contributed by atoms with van der Waals surface area (Å²) in [7, 11) is 0. The molecule has 6 heteroatoms. The van der Waals surface area contributed by atoms with Crippen LogP contribution < -0.4 is 11.1 Å². The molecule has 0 unspecified atom stereocenters. The van der Waals surface area contributed by atoms with Crippen LogP contribution in [0.25, 0.3) is 0 Å². The van der Waals surface area contributed by atoms with E-state index in [0.717, 1.165) is 19.3 Å². The van der Waals surface area contributed by atoms with Gasteiger partial charge in [-0.1, -0.05) is 6.42 Å². The molecule has 3 N–H and O–H groups in total. The Bertz CT molecular complexity index is 351. The molecular weight excluding hydrogens is 218 g/mol. The molecule has 1 heterocycles. The van der Waals surface area contributed by atoms with Crippen LogP contribution in [0, 0.1) is 11.8 Å². The first-order chi connectivity index (χ1) is 8.31. The summed E-state index contributed by atoms with van der Waals surface area (Å²) in [4.78, 5) is 15.8. The molecular formula is C11H19N5O. The van der Waals surface area contributed by atoms with Gasteiger partial charge in [0.2, 0.25) is 5.91 Å². The van der Waals surface area contributed by atoms with Gasteiger partial charge in [0.1, 0.15) is 12.7 Å². The lowest BCUT2D eigenvalue weighted by Gasteiger charge is -2.17. The molecule has 6 nitrogen and oxygen atoms in total. The van der Waals surface area contributed by atoms with E-state index in [-0.39, 0.29) is 11.8 Å². The SMILES string of the molecule is NC[C@H]1CCC[C@H]1C(=O)NCCn1cncn1. The molecule has 0 aromatic carbocycles. The van der Waals surface area contributed by atoms with Crippen LogP contribution in [0.2, 0.25) is 0 Å². The molecule has 1 amide bonds. The van der Waals surface area contributed by atoms with Gasteiger partial charge in [-0.05, 0) is 25.3 Å². The van der Waals surface area contributed by atoms with Crippen LogP contribution in [0.1, 0.15) is 19.3 Å². The van der Waals surface area contributed by atoms with Crippen molar-refractivity contribution in [3.05, 3.63) is 12.7 Å². The summed E-state index contributed by atoms with van der Waals surface area (Å²) < 4.78 is 1.70. The molecule has 0 saturated heterocycles. The molecule has 1 aliphatic rings. The first kappa shape index (κ1) is 12.0. The van der Waals surface area contributed by atoms with Crippen LogP contribution in [-0.2, 0) is 11.3 Å². The van der Waals surface area contributed by atoms with Crippen LogP contribution >= 0.6 is 0 Å². The molecule has 2 rings (SSSR count). The number of nitrogens with zero attached hydrogens (tertiary/aromatic N) is 3. The Labute approximate surface area is 101 Å². The first-order valence-electron chi connectivity index (χ1n) is 6.11. The number of aromatic nitrogens is 3. The normalized spacial score (nSPS) is 23.8. The first-order valence-corrected chi connectivity index (χ1v) is 6.11. The van der Waals surface area contributed by atoms with Gasteiger partial charge in [-0.3, -0.25) is 9.48 Å². The van der Waals surface area contributed by atoms with Crippen molar-refractivity contribution in [3.8, 4) is 0 Å². The Hall–Kier alpha value is -1.43. The maximum Gasteiger partial charge on any atom is 0.223 e. The second-order valence-corrected chi connectivity index (χ2v) is 4.48. The highest BCUT2D eigenvalue weighted by Crippen LogP contribution is 2.30. The minimum Gasteiger partial charge on any atom is -0.354 e. The molecule has 1 fully saturated rings. The Morgan fingerprint density at radius 1 is 1.53 bits per heavy atom. The van der Waals surface area contributed by atoms with Gasteiger partial charge in [0.25, 0.3) is 0 Å². The van der Waals surface area contributed by atoms with Gasteiger partial charge in [-0.2, -0.15) is 5.10 Å². The third-order valence-electron chi connectivity index (χ3n) is 3.41. The minimum atomic E-state index is 0.107. The summed E-state index contributed by atoms with van der Waals surface area (Å²) in [5.41, 5.74) is 5.67. The highest BCUT2D eigenvalue weighted by atomic mass is 16.1. The molecule has 17 heavy (non-hydrogen) atoms. The predicted molar refractivity (Wildman–Crippen MR) is 62.9 cm³/mol. The molecule has 1 aliphatic carbocycles. The largest absolute Gasteiger partial charge is 0.354 e. The maximum absolute atomic E-state index is 11.9. The molecule has 1 aromatic rings. The topological polar surface area (TPSA) is 85.8 Å². The molecule has 94 valence electrons. The number of carbonyl (C=O) groups excluding carboxylic acids is 1. The van der Waals surface area contributed by atoms with Crippen LogP contribution in [0.15, 0.2) is 12.7 Å². The van der Waals surface area contributed by atoms with Gasteiger partial charge in [0.05, 0.1) is 6.54 Å². The highest BCUT2D eigenvalue weighted by molar-refractivity contribution is 5.79. The number of rotatable bonds is 5. The molecule has 1 aromatic heterocycles. The average Bonchev–Trinajstić information content (AvgIpc) is 2.99. The second-order valence-electron chi connectivity index (χ2n) is 4.48. The number of carbonyl (C=O) groups is 1. The monoisotopic (exact) mass is 237 g/mol. The van der Waals surface area contributed by atoms with Crippen molar-refractivity contribution >= 4 is 5.91 Å².